The van der Waals surface area contributed by atoms with E-state index in [9.17, 15) is 4.79 Å². The van der Waals surface area contributed by atoms with Crippen LogP contribution in [0, 0.1) is 0 Å². The van der Waals surface area contributed by atoms with E-state index in [0.717, 1.165) is 30.2 Å². The standard InChI is InChI=1S/C20H28N6O2/c1-20(2,3)19-24-15(13-28-4)11-17(25-19)23-14-5-9-26(10-6-14)18(27)16-12-21-7-8-22-16/h7-8,11-12,14H,5-6,9-10,13H2,1-4H3,(H,23,24,25). The third-order valence-electron chi connectivity index (χ3n) is 4.66. The van der Waals surface area contributed by atoms with E-state index in [1.165, 1.54) is 6.20 Å². The maximum absolute atomic E-state index is 12.5. The van der Waals surface area contributed by atoms with E-state index >= 15 is 0 Å². The van der Waals surface area contributed by atoms with Crippen molar-refractivity contribution in [3.63, 3.8) is 0 Å². The summed E-state index contributed by atoms with van der Waals surface area (Å²) in [6.45, 7) is 8.09. The van der Waals surface area contributed by atoms with Crippen LogP contribution in [0.1, 0.15) is 55.6 Å². The fraction of sp³-hybridized carbons (Fsp3) is 0.550. The molecule has 2 aromatic rings. The van der Waals surface area contributed by atoms with Crippen molar-refractivity contribution in [3.05, 3.63) is 41.9 Å². The van der Waals surface area contributed by atoms with Gasteiger partial charge in [-0.2, -0.15) is 0 Å². The second-order valence-electron chi connectivity index (χ2n) is 8.05. The van der Waals surface area contributed by atoms with Crippen LogP contribution in [0.3, 0.4) is 0 Å². The highest BCUT2D eigenvalue weighted by atomic mass is 16.5. The molecule has 2 aromatic heterocycles. The van der Waals surface area contributed by atoms with Crippen LogP contribution in [0.5, 0.6) is 0 Å². The van der Waals surface area contributed by atoms with Gasteiger partial charge < -0.3 is 15.0 Å². The molecule has 0 saturated carbocycles. The molecular formula is C20H28N6O2. The highest BCUT2D eigenvalue weighted by molar-refractivity contribution is 5.92. The Morgan fingerprint density at radius 1 is 1.25 bits per heavy atom. The molecule has 1 N–H and O–H groups in total. The van der Waals surface area contributed by atoms with Gasteiger partial charge in [0.15, 0.2) is 0 Å². The molecule has 1 fully saturated rings. The van der Waals surface area contributed by atoms with Gasteiger partial charge in [0.05, 0.1) is 18.5 Å². The van der Waals surface area contributed by atoms with Gasteiger partial charge in [0.2, 0.25) is 0 Å². The van der Waals surface area contributed by atoms with E-state index in [1.807, 2.05) is 11.0 Å². The number of anilines is 1. The third-order valence-corrected chi connectivity index (χ3v) is 4.66. The molecule has 1 saturated heterocycles. The Morgan fingerprint density at radius 3 is 2.61 bits per heavy atom. The van der Waals surface area contributed by atoms with Gasteiger partial charge in [0.1, 0.15) is 17.3 Å². The number of ether oxygens (including phenoxy) is 1. The minimum absolute atomic E-state index is 0.0639. The number of amides is 1. The minimum atomic E-state index is -0.146. The second-order valence-corrected chi connectivity index (χ2v) is 8.05. The van der Waals surface area contributed by atoms with Gasteiger partial charge >= 0.3 is 0 Å². The Bertz CT molecular complexity index is 798. The first-order valence-corrected chi connectivity index (χ1v) is 9.56. The average molecular weight is 384 g/mol. The van der Waals surface area contributed by atoms with Crippen molar-refractivity contribution in [3.8, 4) is 0 Å². The number of methoxy groups -OCH3 is 1. The van der Waals surface area contributed by atoms with Crippen molar-refractivity contribution in [1.29, 1.82) is 0 Å². The Balaban J connectivity index is 1.64. The Morgan fingerprint density at radius 2 is 2.00 bits per heavy atom. The van der Waals surface area contributed by atoms with E-state index in [4.69, 9.17) is 9.72 Å². The van der Waals surface area contributed by atoms with Gasteiger partial charge in [0, 0.05) is 50.1 Å². The van der Waals surface area contributed by atoms with Crippen LogP contribution in [0.4, 0.5) is 5.82 Å². The SMILES string of the molecule is COCc1cc(NC2CCN(C(=O)c3cnccn3)CC2)nc(C(C)(C)C)n1. The molecular weight excluding hydrogens is 356 g/mol. The predicted molar refractivity (Wildman–Crippen MR) is 106 cm³/mol. The number of hydrogen-bond donors (Lipinski definition) is 1. The molecule has 8 nitrogen and oxygen atoms in total. The molecule has 0 bridgehead atoms. The lowest BCUT2D eigenvalue weighted by molar-refractivity contribution is 0.0712. The first-order chi connectivity index (χ1) is 13.4. The van der Waals surface area contributed by atoms with Crippen LogP contribution in [0.25, 0.3) is 0 Å². The van der Waals surface area contributed by atoms with Crippen molar-refractivity contribution in [2.75, 3.05) is 25.5 Å². The number of carbonyl (C=O) groups is 1. The molecule has 8 heteroatoms. The van der Waals surface area contributed by atoms with Gasteiger partial charge in [-0.25, -0.2) is 15.0 Å². The van der Waals surface area contributed by atoms with Gasteiger partial charge in [-0.05, 0) is 12.8 Å². The summed E-state index contributed by atoms with van der Waals surface area (Å²) in [5, 5.41) is 3.52. The van der Waals surface area contributed by atoms with Crippen LogP contribution in [0.15, 0.2) is 24.7 Å². The summed E-state index contributed by atoms with van der Waals surface area (Å²) in [5.41, 5.74) is 1.11. The second kappa shape index (κ2) is 8.60. The van der Waals surface area contributed by atoms with E-state index < -0.39 is 0 Å². The number of nitrogens with one attached hydrogen (secondary N) is 1. The van der Waals surface area contributed by atoms with Crippen molar-refractivity contribution in [1.82, 2.24) is 24.8 Å². The predicted octanol–water partition coefficient (Wildman–Crippen LogP) is 2.43. The summed E-state index contributed by atoms with van der Waals surface area (Å²) < 4.78 is 5.25. The molecule has 150 valence electrons. The summed E-state index contributed by atoms with van der Waals surface area (Å²) in [6.07, 6.45) is 6.32. The molecule has 0 atom stereocenters. The maximum atomic E-state index is 12.5. The largest absolute Gasteiger partial charge is 0.378 e. The summed E-state index contributed by atoms with van der Waals surface area (Å²) in [6, 6.07) is 2.19. The van der Waals surface area contributed by atoms with Gasteiger partial charge in [-0.3, -0.25) is 9.78 Å². The van der Waals surface area contributed by atoms with E-state index in [1.54, 1.807) is 19.5 Å². The average Bonchev–Trinajstić information content (AvgIpc) is 2.68. The van der Waals surface area contributed by atoms with E-state index in [2.05, 4.69) is 41.0 Å². The van der Waals surface area contributed by atoms with Crippen LogP contribution in [0.2, 0.25) is 0 Å². The van der Waals surface area contributed by atoms with Crippen LogP contribution in [-0.4, -0.2) is 57.0 Å². The highest BCUT2D eigenvalue weighted by Crippen LogP contribution is 2.23. The number of carbonyl (C=O) groups excluding carboxylic acids is 1. The van der Waals surface area contributed by atoms with E-state index in [-0.39, 0.29) is 17.4 Å². The molecule has 0 unspecified atom stereocenters. The third kappa shape index (κ3) is 5.01. The lowest BCUT2D eigenvalue weighted by Crippen LogP contribution is -2.42. The van der Waals surface area contributed by atoms with E-state index in [0.29, 0.717) is 25.4 Å². The molecule has 1 aliphatic heterocycles. The molecule has 0 aromatic carbocycles. The fourth-order valence-corrected chi connectivity index (χ4v) is 3.14. The number of likely N-dealkylation sites (tertiary alicyclic amines) is 1. The van der Waals surface area contributed by atoms with Crippen LogP contribution in [-0.2, 0) is 16.8 Å². The molecule has 0 spiro atoms. The normalized spacial score (nSPS) is 15.5. The topological polar surface area (TPSA) is 93.1 Å². The quantitative estimate of drug-likeness (QED) is 0.846. The van der Waals surface area contributed by atoms with Gasteiger partial charge in [0.25, 0.3) is 5.91 Å². The number of nitrogens with zero attached hydrogens (tertiary/aromatic N) is 5. The van der Waals surface area contributed by atoms with Crippen molar-refractivity contribution >= 4 is 11.7 Å². The highest BCUT2D eigenvalue weighted by Gasteiger charge is 2.25. The molecule has 1 amide bonds. The number of hydrogen-bond acceptors (Lipinski definition) is 7. The summed E-state index contributed by atoms with van der Waals surface area (Å²) >= 11 is 0. The number of piperidine rings is 1. The first kappa shape index (κ1) is 20.1. The summed E-state index contributed by atoms with van der Waals surface area (Å²) in [7, 11) is 1.66. The van der Waals surface area contributed by atoms with Crippen LogP contribution < -0.4 is 5.32 Å². The Kier molecular flexibility index (Phi) is 6.18. The van der Waals surface area contributed by atoms with Crippen molar-refractivity contribution < 1.29 is 9.53 Å². The number of aromatic nitrogens is 4. The zero-order valence-corrected chi connectivity index (χ0v) is 17.0. The maximum Gasteiger partial charge on any atom is 0.274 e. The molecule has 1 aliphatic rings. The lowest BCUT2D eigenvalue weighted by atomic mass is 9.95. The Labute approximate surface area is 165 Å². The zero-order chi connectivity index (χ0) is 20.1. The molecule has 28 heavy (non-hydrogen) atoms. The minimum Gasteiger partial charge on any atom is -0.378 e. The smallest absolute Gasteiger partial charge is 0.274 e. The molecule has 0 aliphatic carbocycles. The molecule has 3 heterocycles. The fourth-order valence-electron chi connectivity index (χ4n) is 3.14. The zero-order valence-electron chi connectivity index (χ0n) is 17.0. The lowest BCUT2D eigenvalue weighted by Gasteiger charge is -2.32. The van der Waals surface area contributed by atoms with Gasteiger partial charge in [-0.15, -0.1) is 0 Å². The summed E-state index contributed by atoms with van der Waals surface area (Å²) in [4.78, 5) is 31.7. The summed E-state index contributed by atoms with van der Waals surface area (Å²) in [5.74, 6) is 1.54. The monoisotopic (exact) mass is 384 g/mol. The van der Waals surface area contributed by atoms with Gasteiger partial charge in [-0.1, -0.05) is 20.8 Å². The Hall–Kier alpha value is -2.61. The van der Waals surface area contributed by atoms with Crippen molar-refractivity contribution in [2.24, 2.45) is 0 Å². The first-order valence-electron chi connectivity index (χ1n) is 9.56. The molecule has 3 rings (SSSR count). The molecule has 0 radical (unpaired) electrons. The van der Waals surface area contributed by atoms with Crippen molar-refractivity contribution in [2.45, 2.75) is 51.7 Å². The van der Waals surface area contributed by atoms with Crippen LogP contribution >= 0.6 is 0 Å². The number of rotatable bonds is 5.